The second kappa shape index (κ2) is 3.02. The molecule has 0 unspecified atom stereocenters. The van der Waals surface area contributed by atoms with Gasteiger partial charge in [0.15, 0.2) is 12.7 Å². The lowest BCUT2D eigenvalue weighted by molar-refractivity contribution is -0.683. The van der Waals surface area contributed by atoms with Gasteiger partial charge in [-0.1, -0.05) is 0 Å². The number of nitrogens with one attached hydrogen (secondary N) is 2. The van der Waals surface area contributed by atoms with E-state index in [2.05, 4.69) is 4.98 Å². The summed E-state index contributed by atoms with van der Waals surface area (Å²) in [6, 6.07) is 0. The molecule has 1 aromatic heterocycles. The Labute approximate surface area is 62.6 Å². The van der Waals surface area contributed by atoms with Crippen LogP contribution in [0.2, 0.25) is 0 Å². The van der Waals surface area contributed by atoms with E-state index in [1.807, 2.05) is 0 Å². The number of imidazole rings is 1. The molecule has 0 aromatic carbocycles. The molecule has 1 heterocycles. The minimum atomic E-state index is -0.492. The number of aromatic amines is 1. The first-order valence-corrected chi connectivity index (χ1v) is 2.98. The van der Waals surface area contributed by atoms with Crippen LogP contribution in [0.1, 0.15) is 0 Å². The fourth-order valence-corrected chi connectivity index (χ4v) is 0.703. The first kappa shape index (κ1) is 7.55. The van der Waals surface area contributed by atoms with E-state index in [1.54, 1.807) is 6.20 Å². The van der Waals surface area contributed by atoms with Crippen molar-refractivity contribution in [2.45, 2.75) is 6.54 Å². The second-order valence-corrected chi connectivity index (χ2v) is 2.07. The van der Waals surface area contributed by atoms with Crippen LogP contribution in [-0.2, 0) is 11.3 Å². The van der Waals surface area contributed by atoms with Crippen LogP contribution in [0.4, 0.5) is 5.82 Å². The largest absolute Gasteiger partial charge is 0.363 e. The number of anilines is 1. The highest BCUT2D eigenvalue weighted by atomic mass is 16.5. The summed E-state index contributed by atoms with van der Waals surface area (Å²) in [6.45, 7) is 0.0458. The molecule has 1 rings (SSSR count). The van der Waals surface area contributed by atoms with Gasteiger partial charge in [0.05, 0.1) is 0 Å². The minimum absolute atomic E-state index is 0.0458. The van der Waals surface area contributed by atoms with Gasteiger partial charge in [0.1, 0.15) is 0 Å². The molecule has 0 saturated carbocycles. The number of H-pyrrole nitrogens is 1. The highest BCUT2D eigenvalue weighted by Crippen LogP contribution is 1.85. The van der Waals surface area contributed by atoms with E-state index in [1.165, 1.54) is 16.4 Å². The van der Waals surface area contributed by atoms with E-state index in [0.717, 1.165) is 0 Å². The first-order valence-electron chi connectivity index (χ1n) is 2.98. The second-order valence-electron chi connectivity index (χ2n) is 2.07. The van der Waals surface area contributed by atoms with Gasteiger partial charge in [0.2, 0.25) is 12.1 Å². The summed E-state index contributed by atoms with van der Waals surface area (Å²) in [5, 5.41) is 8.15. The van der Waals surface area contributed by atoms with Crippen molar-refractivity contribution >= 4 is 11.7 Å². The molecule has 0 bridgehead atoms. The molecule has 60 valence electrons. The van der Waals surface area contributed by atoms with E-state index < -0.39 is 5.91 Å². The predicted molar refractivity (Wildman–Crippen MR) is 35.3 cm³/mol. The van der Waals surface area contributed by atoms with Gasteiger partial charge < -0.3 is 5.73 Å². The molecule has 0 fully saturated rings. The topological polar surface area (TPSA) is 95.0 Å². The van der Waals surface area contributed by atoms with Crippen LogP contribution in [0.5, 0.6) is 0 Å². The SMILES string of the molecule is Nc1c[n+](CC(=O)NO)c[nH]1. The summed E-state index contributed by atoms with van der Waals surface area (Å²) in [5.74, 6) is -0.0234. The lowest BCUT2D eigenvalue weighted by Crippen LogP contribution is -2.40. The molecular formula is C5H9N4O2+. The molecule has 1 aromatic rings. The van der Waals surface area contributed by atoms with Crippen molar-refractivity contribution in [3.05, 3.63) is 12.5 Å². The van der Waals surface area contributed by atoms with Gasteiger partial charge in [-0.25, -0.2) is 15.0 Å². The number of nitrogens with two attached hydrogens (primary N) is 1. The maximum absolute atomic E-state index is 10.6. The number of rotatable bonds is 2. The minimum Gasteiger partial charge on any atom is -0.363 e. The Morgan fingerprint density at radius 1 is 1.91 bits per heavy atom. The number of carbonyl (C=O) groups is 1. The average molecular weight is 157 g/mol. The van der Waals surface area contributed by atoms with Crippen molar-refractivity contribution in [3.8, 4) is 0 Å². The maximum Gasteiger partial charge on any atom is 0.285 e. The Kier molecular flexibility index (Phi) is 2.07. The van der Waals surface area contributed by atoms with Crippen molar-refractivity contribution in [1.82, 2.24) is 10.5 Å². The van der Waals surface area contributed by atoms with Gasteiger partial charge in [0, 0.05) is 0 Å². The van der Waals surface area contributed by atoms with E-state index in [4.69, 9.17) is 10.9 Å². The van der Waals surface area contributed by atoms with Gasteiger partial charge in [-0.05, 0) is 0 Å². The lowest BCUT2D eigenvalue weighted by atomic mass is 10.6. The number of aromatic nitrogens is 2. The number of nitrogen functional groups attached to an aromatic ring is 1. The molecule has 6 heteroatoms. The van der Waals surface area contributed by atoms with Crippen molar-refractivity contribution in [2.75, 3.05) is 5.73 Å². The summed E-state index contributed by atoms with van der Waals surface area (Å²) < 4.78 is 1.51. The third kappa shape index (κ3) is 1.94. The summed E-state index contributed by atoms with van der Waals surface area (Å²) in [7, 11) is 0. The Morgan fingerprint density at radius 3 is 3.09 bits per heavy atom. The number of nitrogens with zero attached hydrogens (tertiary/aromatic N) is 1. The summed E-state index contributed by atoms with van der Waals surface area (Å²) in [4.78, 5) is 13.2. The van der Waals surface area contributed by atoms with E-state index >= 15 is 0 Å². The average Bonchev–Trinajstić information content (AvgIpc) is 2.35. The van der Waals surface area contributed by atoms with E-state index in [0.29, 0.717) is 5.82 Å². The Hall–Kier alpha value is -1.56. The molecule has 0 radical (unpaired) electrons. The van der Waals surface area contributed by atoms with Crippen LogP contribution in [0.25, 0.3) is 0 Å². The zero-order chi connectivity index (χ0) is 8.27. The van der Waals surface area contributed by atoms with Gasteiger partial charge in [0.25, 0.3) is 5.91 Å². The molecule has 0 atom stereocenters. The van der Waals surface area contributed by atoms with Crippen molar-refractivity contribution < 1.29 is 14.6 Å². The smallest absolute Gasteiger partial charge is 0.285 e. The number of amides is 1. The standard InChI is InChI=1S/C5H8N4O2/c6-4-1-9(3-7-4)2-5(10)8-11/h1,3H,2,6H2,(H2,8,10,11)/p+1. The number of carbonyl (C=O) groups excluding carboxylic acids is 1. The quantitative estimate of drug-likeness (QED) is 0.236. The zero-order valence-electron chi connectivity index (χ0n) is 5.74. The van der Waals surface area contributed by atoms with Crippen molar-refractivity contribution in [3.63, 3.8) is 0 Å². The van der Waals surface area contributed by atoms with Crippen LogP contribution < -0.4 is 15.8 Å². The fourth-order valence-electron chi connectivity index (χ4n) is 0.703. The molecule has 0 aliphatic heterocycles. The number of hydrogen-bond acceptors (Lipinski definition) is 3. The van der Waals surface area contributed by atoms with Crippen LogP contribution in [-0.4, -0.2) is 16.1 Å². The molecule has 11 heavy (non-hydrogen) atoms. The van der Waals surface area contributed by atoms with Crippen LogP contribution >= 0.6 is 0 Å². The molecule has 0 saturated heterocycles. The first-order chi connectivity index (χ1) is 5.22. The molecule has 0 spiro atoms. The van der Waals surface area contributed by atoms with Gasteiger partial charge >= 0.3 is 0 Å². The van der Waals surface area contributed by atoms with Gasteiger partial charge in [-0.3, -0.25) is 10.0 Å². The molecular weight excluding hydrogens is 148 g/mol. The number of hydrogen-bond donors (Lipinski definition) is 4. The van der Waals surface area contributed by atoms with Gasteiger partial charge in [-0.2, -0.15) is 0 Å². The molecule has 5 N–H and O–H groups in total. The van der Waals surface area contributed by atoms with Crippen LogP contribution in [0.3, 0.4) is 0 Å². The number of hydroxylamine groups is 1. The highest BCUT2D eigenvalue weighted by molar-refractivity contribution is 5.72. The summed E-state index contributed by atoms with van der Waals surface area (Å²) >= 11 is 0. The maximum atomic E-state index is 10.6. The predicted octanol–water partition coefficient (Wildman–Crippen LogP) is -1.61. The summed E-state index contributed by atoms with van der Waals surface area (Å²) in [5.41, 5.74) is 6.83. The third-order valence-electron chi connectivity index (χ3n) is 1.15. The van der Waals surface area contributed by atoms with Crippen LogP contribution in [0.15, 0.2) is 12.5 Å². The molecule has 6 nitrogen and oxygen atoms in total. The molecule has 1 amide bonds. The normalized spacial score (nSPS) is 9.55. The molecule has 0 aliphatic carbocycles. The Bertz CT molecular complexity index is 257. The van der Waals surface area contributed by atoms with Crippen molar-refractivity contribution in [2.24, 2.45) is 0 Å². The third-order valence-corrected chi connectivity index (χ3v) is 1.15. The zero-order valence-corrected chi connectivity index (χ0v) is 5.74. The monoisotopic (exact) mass is 157 g/mol. The van der Waals surface area contributed by atoms with E-state index in [-0.39, 0.29) is 6.54 Å². The van der Waals surface area contributed by atoms with E-state index in [9.17, 15) is 4.79 Å². The van der Waals surface area contributed by atoms with Gasteiger partial charge in [-0.15, -0.1) is 0 Å². The Balaban J connectivity index is 2.57. The van der Waals surface area contributed by atoms with Crippen molar-refractivity contribution in [1.29, 1.82) is 0 Å². The molecule has 0 aliphatic rings. The fraction of sp³-hybridized carbons (Fsp3) is 0.200. The lowest BCUT2D eigenvalue weighted by Gasteiger charge is -1.91. The summed E-state index contributed by atoms with van der Waals surface area (Å²) in [6.07, 6.45) is 3.08. The Morgan fingerprint density at radius 2 is 2.64 bits per heavy atom. The van der Waals surface area contributed by atoms with Crippen LogP contribution in [0, 0.1) is 0 Å². The highest BCUT2D eigenvalue weighted by Gasteiger charge is 2.06.